The molecule has 0 aromatic heterocycles. The molecule has 17 heavy (non-hydrogen) atoms. The van der Waals surface area contributed by atoms with E-state index in [1.807, 2.05) is 0 Å². The number of halogens is 3. The topological polar surface area (TPSA) is 96.7 Å². The maximum atomic E-state index is 11.1. The van der Waals surface area contributed by atoms with Crippen molar-refractivity contribution in [2.24, 2.45) is 0 Å². The molecule has 93 valence electrons. The van der Waals surface area contributed by atoms with Crippen LogP contribution >= 0.6 is 0 Å². The van der Waals surface area contributed by atoms with Crippen LogP contribution in [0.4, 0.5) is 13.2 Å². The van der Waals surface area contributed by atoms with Gasteiger partial charge in [-0.15, -0.1) is 0 Å². The van der Waals surface area contributed by atoms with Crippen LogP contribution in [0, 0.1) is 33.2 Å². The molecule has 0 saturated heterocycles. The number of hydrogen-bond acceptors (Lipinski definition) is 1. The van der Waals surface area contributed by atoms with Crippen LogP contribution in [0.25, 0.3) is 0 Å². The van der Waals surface area contributed by atoms with Crippen molar-refractivity contribution in [1.29, 1.82) is 0 Å². The fourth-order valence-electron chi connectivity index (χ4n) is 0.0668. The molecular weight excluding hydrogens is 288 g/mol. The van der Waals surface area contributed by atoms with Gasteiger partial charge in [0.15, 0.2) is 0 Å². The van der Waals surface area contributed by atoms with Crippen LogP contribution in [0.15, 0.2) is 5.57 Å². The van der Waals surface area contributed by atoms with E-state index >= 15 is 0 Å². The summed E-state index contributed by atoms with van der Waals surface area (Å²) in [7, 11) is 0. The molecule has 0 heterocycles. The summed E-state index contributed by atoms with van der Waals surface area (Å²) in [5, 5.41) is 0. The summed E-state index contributed by atoms with van der Waals surface area (Å²) in [4.78, 5) is 9.27. The summed E-state index contributed by atoms with van der Waals surface area (Å²) in [6, 6.07) is 0. The van der Waals surface area contributed by atoms with Gasteiger partial charge < -0.3 is 4.79 Å². The van der Waals surface area contributed by atoms with Crippen molar-refractivity contribution >= 4 is 6.29 Å². The number of aldehydes is 1. The van der Waals surface area contributed by atoms with Gasteiger partial charge in [0.05, 0.1) is 0 Å². The molecule has 0 aromatic carbocycles. The molecule has 0 bridgehead atoms. The fraction of sp³-hybridized carbons (Fsp3) is 0.125. The van der Waals surface area contributed by atoms with Gasteiger partial charge in [0.25, 0.3) is 0 Å². The normalized spacial score (nSPS) is 5.59. The van der Waals surface area contributed by atoms with E-state index in [2.05, 4.69) is 33.2 Å². The van der Waals surface area contributed by atoms with E-state index in [4.69, 9.17) is 18.6 Å². The van der Waals surface area contributed by atoms with Gasteiger partial charge in [0.2, 0.25) is 0 Å². The van der Waals surface area contributed by atoms with E-state index in [1.165, 1.54) is 0 Å². The zero-order valence-electron chi connectivity index (χ0n) is 7.71. The Balaban J connectivity index is -0.0000000287. The number of carbonyl (C=O) groups excluding carboxylic acids is 1. The van der Waals surface area contributed by atoms with Gasteiger partial charge in [-0.3, -0.25) is 6.58 Å². The van der Waals surface area contributed by atoms with E-state index in [0.717, 1.165) is 0 Å². The number of rotatable bonds is 1. The minimum absolute atomic E-state index is 0. The molecule has 1 radical (unpaired) electrons. The van der Waals surface area contributed by atoms with E-state index < -0.39 is 18.0 Å². The first-order valence-corrected chi connectivity index (χ1v) is 2.45. The number of hydrogen-bond donors (Lipinski definition) is 0. The predicted molar refractivity (Wildman–Crippen MR) is 35.6 cm³/mol. The van der Waals surface area contributed by atoms with Crippen molar-refractivity contribution < 1.29 is 53.6 Å². The molecule has 0 aromatic rings. The van der Waals surface area contributed by atoms with Crippen molar-refractivity contribution in [3.8, 4) is 0 Å². The molecule has 0 atom stereocenters. The minimum atomic E-state index is -4.66. The maximum absolute atomic E-state index is 11.1. The molecule has 0 spiro atoms. The second-order valence-corrected chi connectivity index (χ2v) is 1.07. The van der Waals surface area contributed by atoms with E-state index in [-0.39, 0.29) is 17.1 Å². The van der Waals surface area contributed by atoms with E-state index in [9.17, 15) is 18.0 Å². The Labute approximate surface area is 105 Å². The van der Waals surface area contributed by atoms with Crippen molar-refractivity contribution in [3.63, 3.8) is 0 Å². The quantitative estimate of drug-likeness (QED) is 0.232. The van der Waals surface area contributed by atoms with Gasteiger partial charge in [-0.25, -0.2) is 0 Å². The second kappa shape index (κ2) is 36.5. The molecule has 0 unspecified atom stereocenters. The fourth-order valence-corrected chi connectivity index (χ4v) is 0.0668. The number of carbonyl (C=O) groups is 1. The van der Waals surface area contributed by atoms with Crippen LogP contribution < -0.4 is 0 Å². The van der Waals surface area contributed by atoms with E-state index in [0.29, 0.717) is 0 Å². The Bertz CT molecular complexity index is 227. The largest absolute Gasteiger partial charge is 0.410 e. The molecule has 0 fully saturated rings. The summed E-state index contributed by atoms with van der Waals surface area (Å²) in [5.74, 6) is 0. The van der Waals surface area contributed by atoms with Crippen molar-refractivity contribution in [2.75, 3.05) is 0 Å². The van der Waals surface area contributed by atoms with Gasteiger partial charge in [0, 0.05) is 17.1 Å². The summed E-state index contributed by atoms with van der Waals surface area (Å²) in [5.41, 5.74) is -1.60. The average Bonchev–Trinajstić information content (AvgIpc) is 2.37. The Morgan fingerprint density at radius 2 is 1.12 bits per heavy atom. The Morgan fingerprint density at radius 1 is 0.941 bits per heavy atom. The third-order valence-corrected chi connectivity index (χ3v) is 0.454. The van der Waals surface area contributed by atoms with Crippen LogP contribution in [0.1, 0.15) is 0 Å². The SMILES string of the molecule is [C-]#[O+].[C-]#[O+].[C-]#[O+].[C-]#[O+].[CH-]=C(C=O)C(F)(F)F.[Mn]. The van der Waals surface area contributed by atoms with Crippen LogP contribution in [0.3, 0.4) is 0 Å². The smallest absolute Gasteiger partial charge is 0.386 e. The van der Waals surface area contributed by atoms with Crippen LogP contribution in [0.2, 0.25) is 0 Å². The second-order valence-electron chi connectivity index (χ2n) is 1.07. The number of alkyl halides is 3. The Morgan fingerprint density at radius 3 is 1.12 bits per heavy atom. The summed E-state index contributed by atoms with van der Waals surface area (Å²) >= 11 is 0. The maximum Gasteiger partial charge on any atom is 0.386 e. The standard InChI is InChI=1S/C4H2F3O.4CO.Mn/c1-3(2-8)4(5,6)7;4*1-2;/h1-2H;;;;;/q-1;;;;;. The third-order valence-electron chi connectivity index (χ3n) is 0.454. The average molecular weight is 290 g/mol. The zero-order chi connectivity index (χ0) is 14.8. The van der Waals surface area contributed by atoms with Gasteiger partial charge in [-0.1, -0.05) is 5.57 Å². The van der Waals surface area contributed by atoms with Crippen molar-refractivity contribution in [3.05, 3.63) is 38.8 Å². The van der Waals surface area contributed by atoms with Crippen LogP contribution in [-0.4, -0.2) is 12.5 Å². The van der Waals surface area contributed by atoms with Gasteiger partial charge in [-0.05, 0) is 6.29 Å². The molecule has 5 nitrogen and oxygen atoms in total. The van der Waals surface area contributed by atoms with E-state index in [1.54, 1.807) is 0 Å². The molecule has 9 heteroatoms. The monoisotopic (exact) mass is 290 g/mol. The van der Waals surface area contributed by atoms with Crippen LogP contribution in [0.5, 0.6) is 0 Å². The molecule has 0 aliphatic carbocycles. The molecule has 0 saturated carbocycles. The molecule has 0 aliphatic heterocycles. The van der Waals surface area contributed by atoms with Gasteiger partial charge in [-0.2, -0.15) is 13.2 Å². The Kier molecular flexibility index (Phi) is 77.4. The minimum Gasteiger partial charge on any atom is -0.410 e. The number of allylic oxidation sites excluding steroid dienone is 1. The molecular formula is C8H2F3MnO5-. The summed E-state index contributed by atoms with van der Waals surface area (Å²) in [6.45, 7) is 22.2. The van der Waals surface area contributed by atoms with Crippen molar-refractivity contribution in [2.45, 2.75) is 6.18 Å². The zero-order valence-corrected chi connectivity index (χ0v) is 8.89. The Hall–Kier alpha value is -1.32. The first-order valence-electron chi connectivity index (χ1n) is 2.45. The predicted octanol–water partition coefficient (Wildman–Crippen LogP) is 0.954. The molecule has 0 N–H and O–H groups in total. The molecule has 0 amide bonds. The van der Waals surface area contributed by atoms with Gasteiger partial charge in [0.1, 0.15) is 0 Å². The van der Waals surface area contributed by atoms with Crippen LogP contribution in [-0.2, 0) is 40.5 Å². The summed E-state index contributed by atoms with van der Waals surface area (Å²) in [6.07, 6.45) is -5.10. The van der Waals surface area contributed by atoms with Gasteiger partial charge >= 0.3 is 51.4 Å². The van der Waals surface area contributed by atoms with Crippen molar-refractivity contribution in [1.82, 2.24) is 0 Å². The molecule has 0 rings (SSSR count). The summed E-state index contributed by atoms with van der Waals surface area (Å²) < 4.78 is 63.2. The third kappa shape index (κ3) is 52.9. The first-order chi connectivity index (χ1) is 7.48. The first kappa shape index (κ1) is 36.1. The molecule has 0 aliphatic rings.